The van der Waals surface area contributed by atoms with Gasteiger partial charge in [0.25, 0.3) is 0 Å². The van der Waals surface area contributed by atoms with Gasteiger partial charge in [-0.15, -0.1) is 11.6 Å². The molecular weight excluding hydrogens is 261 g/mol. The van der Waals surface area contributed by atoms with Gasteiger partial charge in [0.15, 0.2) is 0 Å². The van der Waals surface area contributed by atoms with Crippen LogP contribution >= 0.6 is 0 Å². The minimum absolute atomic E-state index is 0. The standard InChI is InChI=1S/C13H16F.Rb/c1-10-6-8-11(9-7-10)12-4-2-3-5-13(12)14;/h2,4-5,10-11H,6-9H2,1H3;/q-1;+1. The fourth-order valence-corrected chi connectivity index (χ4v) is 2.32. The van der Waals surface area contributed by atoms with Crippen LogP contribution in [0.2, 0.25) is 0 Å². The Hall–Kier alpha value is 0.955. The van der Waals surface area contributed by atoms with E-state index in [1.165, 1.54) is 18.9 Å². The topological polar surface area (TPSA) is 0 Å². The molecule has 1 aromatic carbocycles. The van der Waals surface area contributed by atoms with Crippen LogP contribution in [0, 0.1) is 17.8 Å². The van der Waals surface area contributed by atoms with Crippen molar-refractivity contribution in [2.24, 2.45) is 5.92 Å². The van der Waals surface area contributed by atoms with Gasteiger partial charge in [0.1, 0.15) is 0 Å². The normalized spacial score (nSPS) is 25.7. The molecule has 0 radical (unpaired) electrons. The van der Waals surface area contributed by atoms with Gasteiger partial charge >= 0.3 is 58.2 Å². The van der Waals surface area contributed by atoms with Gasteiger partial charge in [-0.1, -0.05) is 19.8 Å². The molecular formula is C13H16FRb. The van der Waals surface area contributed by atoms with E-state index in [1.54, 1.807) is 0 Å². The van der Waals surface area contributed by atoms with Gasteiger partial charge in [-0.2, -0.15) is 18.2 Å². The van der Waals surface area contributed by atoms with E-state index in [0.717, 1.165) is 24.3 Å². The third-order valence-corrected chi connectivity index (χ3v) is 3.30. The smallest absolute Gasteiger partial charge is 0.284 e. The molecule has 76 valence electrons. The first kappa shape index (κ1) is 14.0. The average Bonchev–Trinajstić information content (AvgIpc) is 2.20. The Morgan fingerprint density at radius 3 is 2.53 bits per heavy atom. The molecule has 0 spiro atoms. The van der Waals surface area contributed by atoms with Gasteiger partial charge in [-0.05, 0) is 24.7 Å². The molecule has 0 bridgehead atoms. The van der Waals surface area contributed by atoms with E-state index in [2.05, 4.69) is 13.0 Å². The van der Waals surface area contributed by atoms with Crippen LogP contribution < -0.4 is 58.2 Å². The van der Waals surface area contributed by atoms with Crippen LogP contribution in [0.15, 0.2) is 18.2 Å². The van der Waals surface area contributed by atoms with Crippen LogP contribution in [0.5, 0.6) is 0 Å². The summed E-state index contributed by atoms with van der Waals surface area (Å²) in [6.45, 7) is 2.28. The van der Waals surface area contributed by atoms with Gasteiger partial charge in [0.2, 0.25) is 0 Å². The summed E-state index contributed by atoms with van der Waals surface area (Å²) < 4.78 is 13.4. The molecule has 15 heavy (non-hydrogen) atoms. The molecule has 1 aliphatic rings. The van der Waals surface area contributed by atoms with Crippen molar-refractivity contribution in [2.45, 2.75) is 38.5 Å². The summed E-state index contributed by atoms with van der Waals surface area (Å²) in [6, 6.07) is 7.93. The molecule has 0 saturated heterocycles. The molecule has 2 heteroatoms. The minimum Gasteiger partial charge on any atom is -0.284 e. The maximum Gasteiger partial charge on any atom is 1.00 e. The van der Waals surface area contributed by atoms with Gasteiger partial charge < -0.3 is 0 Å². The number of halogens is 1. The maximum atomic E-state index is 13.4. The second kappa shape index (κ2) is 6.63. The Bertz CT molecular complexity index is 303. The minimum atomic E-state index is -0.0768. The Balaban J connectivity index is 0.00000112. The third kappa shape index (κ3) is 3.73. The van der Waals surface area contributed by atoms with E-state index in [0.29, 0.717) is 5.92 Å². The zero-order valence-electron chi connectivity index (χ0n) is 9.59. The summed E-state index contributed by atoms with van der Waals surface area (Å²) in [6.07, 6.45) is 4.76. The summed E-state index contributed by atoms with van der Waals surface area (Å²) >= 11 is 0. The second-order valence-corrected chi connectivity index (χ2v) is 4.40. The average molecular weight is 277 g/mol. The number of benzene rings is 1. The van der Waals surface area contributed by atoms with Crippen LogP contribution in [-0.4, -0.2) is 0 Å². The Kier molecular flexibility index (Phi) is 6.20. The van der Waals surface area contributed by atoms with Crippen LogP contribution in [0.25, 0.3) is 0 Å². The Morgan fingerprint density at radius 2 is 1.93 bits per heavy atom. The van der Waals surface area contributed by atoms with E-state index < -0.39 is 0 Å². The van der Waals surface area contributed by atoms with Gasteiger partial charge in [-0.3, -0.25) is 4.39 Å². The molecule has 1 aliphatic carbocycles. The van der Waals surface area contributed by atoms with Crippen LogP contribution in [0.3, 0.4) is 0 Å². The molecule has 0 amide bonds. The first-order valence-electron chi connectivity index (χ1n) is 5.43. The van der Waals surface area contributed by atoms with Crippen molar-refractivity contribution in [1.29, 1.82) is 0 Å². The molecule has 0 heterocycles. The van der Waals surface area contributed by atoms with Crippen molar-refractivity contribution in [1.82, 2.24) is 0 Å². The summed E-state index contributed by atoms with van der Waals surface area (Å²) in [7, 11) is 0. The third-order valence-electron chi connectivity index (χ3n) is 3.30. The Morgan fingerprint density at radius 1 is 1.27 bits per heavy atom. The van der Waals surface area contributed by atoms with E-state index in [-0.39, 0.29) is 64.0 Å². The van der Waals surface area contributed by atoms with E-state index in [4.69, 9.17) is 0 Å². The molecule has 0 nitrogen and oxygen atoms in total. The van der Waals surface area contributed by atoms with E-state index >= 15 is 0 Å². The molecule has 1 aromatic rings. The van der Waals surface area contributed by atoms with Gasteiger partial charge in [0, 0.05) is 5.82 Å². The SMILES string of the molecule is CC1CCC(c2cc[c-]cc2F)CC1.[Rb+]. The molecule has 0 aromatic heterocycles. The predicted molar refractivity (Wildman–Crippen MR) is 55.6 cm³/mol. The van der Waals surface area contributed by atoms with Gasteiger partial charge in [0.05, 0.1) is 0 Å². The summed E-state index contributed by atoms with van der Waals surface area (Å²) in [5.41, 5.74) is 0.899. The second-order valence-electron chi connectivity index (χ2n) is 4.40. The molecule has 0 unspecified atom stereocenters. The van der Waals surface area contributed by atoms with Crippen LogP contribution in [-0.2, 0) is 0 Å². The fraction of sp³-hybridized carbons (Fsp3) is 0.538. The maximum absolute atomic E-state index is 13.4. The number of rotatable bonds is 1. The molecule has 2 rings (SSSR count). The van der Waals surface area contributed by atoms with Crippen LogP contribution in [0.4, 0.5) is 4.39 Å². The van der Waals surface area contributed by atoms with E-state index in [1.807, 2.05) is 12.1 Å². The van der Waals surface area contributed by atoms with Crippen molar-refractivity contribution in [3.8, 4) is 0 Å². The summed E-state index contributed by atoms with van der Waals surface area (Å²) in [5.74, 6) is 1.19. The van der Waals surface area contributed by atoms with Crippen molar-refractivity contribution in [2.75, 3.05) is 0 Å². The Labute approximate surface area is 140 Å². The molecule has 1 saturated carbocycles. The zero-order chi connectivity index (χ0) is 9.97. The first-order chi connectivity index (χ1) is 6.77. The zero-order valence-corrected chi connectivity index (χ0v) is 14.5. The summed E-state index contributed by atoms with van der Waals surface area (Å²) in [4.78, 5) is 0. The molecule has 0 atom stereocenters. The van der Waals surface area contributed by atoms with Crippen molar-refractivity contribution >= 4 is 0 Å². The fourth-order valence-electron chi connectivity index (χ4n) is 2.32. The van der Waals surface area contributed by atoms with Crippen LogP contribution in [0.1, 0.15) is 44.1 Å². The van der Waals surface area contributed by atoms with Crippen molar-refractivity contribution < 1.29 is 62.6 Å². The first-order valence-corrected chi connectivity index (χ1v) is 5.43. The molecule has 0 aliphatic heterocycles. The largest absolute Gasteiger partial charge is 1.00 e. The number of hydrogen-bond acceptors (Lipinski definition) is 0. The monoisotopic (exact) mass is 276 g/mol. The quantitative estimate of drug-likeness (QED) is 0.670. The molecule has 0 N–H and O–H groups in total. The predicted octanol–water partition coefficient (Wildman–Crippen LogP) is 0.924. The van der Waals surface area contributed by atoms with Gasteiger partial charge in [-0.25, -0.2) is 0 Å². The summed E-state index contributed by atoms with van der Waals surface area (Å²) in [5, 5.41) is 0. The molecule has 1 fully saturated rings. The van der Waals surface area contributed by atoms with E-state index in [9.17, 15) is 4.39 Å². The van der Waals surface area contributed by atoms with Crippen molar-refractivity contribution in [3.63, 3.8) is 0 Å². The van der Waals surface area contributed by atoms with Crippen molar-refractivity contribution in [3.05, 3.63) is 35.6 Å². The number of hydrogen-bond donors (Lipinski definition) is 0.